The molecule has 88 valence electrons. The molecule has 1 heterocycles. The van der Waals surface area contributed by atoms with Crippen molar-refractivity contribution >= 4 is 5.97 Å². The van der Waals surface area contributed by atoms with Crippen LogP contribution in [0.5, 0.6) is 0 Å². The van der Waals surface area contributed by atoms with Gasteiger partial charge in [-0.2, -0.15) is 0 Å². The van der Waals surface area contributed by atoms with E-state index in [-0.39, 0.29) is 11.5 Å². The van der Waals surface area contributed by atoms with Crippen molar-refractivity contribution in [1.82, 2.24) is 4.90 Å². The Bertz CT molecular complexity index is 228. The van der Waals surface area contributed by atoms with E-state index in [0.29, 0.717) is 0 Å². The number of carboxylic acid groups (broad SMARTS) is 1. The highest BCUT2D eigenvalue weighted by Gasteiger charge is 2.44. The smallest absolute Gasteiger partial charge is 0.308 e. The van der Waals surface area contributed by atoms with Crippen LogP contribution in [-0.2, 0) is 9.53 Å². The highest BCUT2D eigenvalue weighted by molar-refractivity contribution is 5.72. The quantitative estimate of drug-likeness (QED) is 0.700. The van der Waals surface area contributed by atoms with Gasteiger partial charge in [0.1, 0.15) is 0 Å². The lowest BCUT2D eigenvalue weighted by molar-refractivity contribution is -0.144. The van der Waals surface area contributed by atoms with Crippen LogP contribution in [0.4, 0.5) is 0 Å². The molecule has 1 fully saturated rings. The van der Waals surface area contributed by atoms with Gasteiger partial charge >= 0.3 is 5.97 Å². The molecule has 1 unspecified atom stereocenters. The molecule has 1 saturated heterocycles. The molecule has 1 aliphatic rings. The summed E-state index contributed by atoms with van der Waals surface area (Å²) in [5.74, 6) is -0.908. The second kappa shape index (κ2) is 4.94. The van der Waals surface area contributed by atoms with E-state index in [2.05, 4.69) is 4.90 Å². The highest BCUT2D eigenvalue weighted by Crippen LogP contribution is 2.34. The fourth-order valence-corrected chi connectivity index (χ4v) is 2.37. The molecule has 0 amide bonds. The van der Waals surface area contributed by atoms with Crippen molar-refractivity contribution in [2.75, 3.05) is 26.8 Å². The Morgan fingerprint density at radius 2 is 2.27 bits per heavy atom. The van der Waals surface area contributed by atoms with Gasteiger partial charge in [0.2, 0.25) is 0 Å². The number of methoxy groups -OCH3 is 1. The molecule has 1 atom stereocenters. The number of likely N-dealkylation sites (tertiary alicyclic amines) is 1. The van der Waals surface area contributed by atoms with Crippen LogP contribution in [0.25, 0.3) is 0 Å². The summed E-state index contributed by atoms with van der Waals surface area (Å²) in [6.07, 6.45) is 1.72. The van der Waals surface area contributed by atoms with E-state index in [9.17, 15) is 4.79 Å². The van der Waals surface area contributed by atoms with E-state index >= 15 is 0 Å². The Kier molecular flexibility index (Phi) is 4.11. The van der Waals surface area contributed by atoms with Gasteiger partial charge in [0, 0.05) is 25.8 Å². The van der Waals surface area contributed by atoms with Crippen molar-refractivity contribution in [3.8, 4) is 0 Å². The van der Waals surface area contributed by atoms with Gasteiger partial charge in [-0.15, -0.1) is 0 Å². The van der Waals surface area contributed by atoms with Crippen LogP contribution in [0.15, 0.2) is 0 Å². The zero-order chi connectivity index (χ0) is 11.5. The van der Waals surface area contributed by atoms with Crippen molar-refractivity contribution in [2.24, 2.45) is 5.92 Å². The van der Waals surface area contributed by atoms with Gasteiger partial charge in [-0.25, -0.2) is 0 Å². The summed E-state index contributed by atoms with van der Waals surface area (Å²) in [4.78, 5) is 13.3. The molecule has 0 aromatic carbocycles. The van der Waals surface area contributed by atoms with E-state index in [1.165, 1.54) is 0 Å². The molecule has 15 heavy (non-hydrogen) atoms. The molecular formula is C11H21NO3. The van der Waals surface area contributed by atoms with Crippen LogP contribution >= 0.6 is 0 Å². The summed E-state index contributed by atoms with van der Waals surface area (Å²) in [6, 6.07) is 0. The number of carboxylic acids is 1. The van der Waals surface area contributed by atoms with Crippen LogP contribution in [0.2, 0.25) is 0 Å². The average Bonchev–Trinajstić information content (AvgIpc) is 2.42. The van der Waals surface area contributed by atoms with E-state index in [0.717, 1.165) is 32.5 Å². The lowest BCUT2D eigenvalue weighted by atomic mass is 9.88. The topological polar surface area (TPSA) is 49.8 Å². The molecule has 4 nitrogen and oxygen atoms in total. The molecule has 0 bridgehead atoms. The van der Waals surface area contributed by atoms with E-state index in [4.69, 9.17) is 9.84 Å². The molecule has 0 saturated carbocycles. The Labute approximate surface area is 91.2 Å². The van der Waals surface area contributed by atoms with Crippen molar-refractivity contribution in [3.05, 3.63) is 0 Å². The lowest BCUT2D eigenvalue weighted by Gasteiger charge is -2.34. The maximum absolute atomic E-state index is 11.0. The first kappa shape index (κ1) is 12.5. The summed E-state index contributed by atoms with van der Waals surface area (Å²) in [5.41, 5.74) is -0.223. The number of aliphatic carboxylic acids is 1. The van der Waals surface area contributed by atoms with Crippen molar-refractivity contribution < 1.29 is 14.6 Å². The molecule has 1 aliphatic heterocycles. The first-order chi connectivity index (χ1) is 7.00. The summed E-state index contributed by atoms with van der Waals surface area (Å²) < 4.78 is 5.00. The minimum atomic E-state index is -0.672. The van der Waals surface area contributed by atoms with Gasteiger partial charge in [-0.3, -0.25) is 9.69 Å². The van der Waals surface area contributed by atoms with Crippen LogP contribution in [0.1, 0.15) is 26.7 Å². The Hall–Kier alpha value is -0.610. The molecule has 0 radical (unpaired) electrons. The number of hydrogen-bond acceptors (Lipinski definition) is 3. The summed E-state index contributed by atoms with van der Waals surface area (Å²) in [7, 11) is 1.69. The van der Waals surface area contributed by atoms with Gasteiger partial charge in [0.25, 0.3) is 0 Å². The van der Waals surface area contributed by atoms with Crippen molar-refractivity contribution in [1.29, 1.82) is 0 Å². The Morgan fingerprint density at radius 3 is 2.73 bits per heavy atom. The third-order valence-corrected chi connectivity index (χ3v) is 3.43. The summed E-state index contributed by atoms with van der Waals surface area (Å²) in [6.45, 7) is 6.58. The fraction of sp³-hybridized carbons (Fsp3) is 0.909. The van der Waals surface area contributed by atoms with Gasteiger partial charge in [0.15, 0.2) is 0 Å². The molecule has 0 spiro atoms. The second-order valence-electron chi connectivity index (χ2n) is 4.67. The number of hydrogen-bond donors (Lipinski definition) is 1. The average molecular weight is 215 g/mol. The Balaban J connectivity index is 2.51. The fourth-order valence-electron chi connectivity index (χ4n) is 2.37. The third-order valence-electron chi connectivity index (χ3n) is 3.43. The van der Waals surface area contributed by atoms with Crippen LogP contribution in [0, 0.1) is 5.92 Å². The van der Waals surface area contributed by atoms with E-state index < -0.39 is 5.97 Å². The molecule has 0 aliphatic carbocycles. The second-order valence-corrected chi connectivity index (χ2v) is 4.67. The maximum Gasteiger partial charge on any atom is 0.308 e. The SMILES string of the molecule is COCCCN1CCC(C(=O)O)C1(C)C. The molecule has 0 aromatic heterocycles. The number of nitrogens with zero attached hydrogens (tertiary/aromatic N) is 1. The molecule has 1 rings (SSSR count). The van der Waals surface area contributed by atoms with Gasteiger partial charge in [-0.05, 0) is 33.2 Å². The zero-order valence-corrected chi connectivity index (χ0v) is 9.82. The van der Waals surface area contributed by atoms with Crippen molar-refractivity contribution in [3.63, 3.8) is 0 Å². The van der Waals surface area contributed by atoms with Gasteiger partial charge in [0.05, 0.1) is 5.92 Å². The van der Waals surface area contributed by atoms with E-state index in [1.807, 2.05) is 13.8 Å². The van der Waals surface area contributed by atoms with Crippen LogP contribution < -0.4 is 0 Å². The predicted octanol–water partition coefficient (Wildman–Crippen LogP) is 1.21. The normalized spacial score (nSPS) is 25.7. The largest absolute Gasteiger partial charge is 0.481 e. The third kappa shape index (κ3) is 2.69. The maximum atomic E-state index is 11.0. The van der Waals surface area contributed by atoms with E-state index in [1.54, 1.807) is 7.11 Å². The zero-order valence-electron chi connectivity index (χ0n) is 9.82. The van der Waals surface area contributed by atoms with Crippen LogP contribution in [0.3, 0.4) is 0 Å². The minimum Gasteiger partial charge on any atom is -0.481 e. The number of carbonyl (C=O) groups is 1. The minimum absolute atomic E-state index is 0.223. The summed E-state index contributed by atoms with van der Waals surface area (Å²) >= 11 is 0. The van der Waals surface area contributed by atoms with Crippen molar-refractivity contribution in [2.45, 2.75) is 32.2 Å². The van der Waals surface area contributed by atoms with Gasteiger partial charge in [-0.1, -0.05) is 0 Å². The first-order valence-corrected chi connectivity index (χ1v) is 5.47. The molecule has 4 heteroatoms. The molecule has 1 N–H and O–H groups in total. The Morgan fingerprint density at radius 1 is 1.60 bits per heavy atom. The first-order valence-electron chi connectivity index (χ1n) is 5.47. The predicted molar refractivity (Wildman–Crippen MR) is 57.9 cm³/mol. The van der Waals surface area contributed by atoms with Crippen LogP contribution in [-0.4, -0.2) is 48.3 Å². The standard InChI is InChI=1S/C11H21NO3/c1-11(2)9(10(13)14)5-7-12(11)6-4-8-15-3/h9H,4-8H2,1-3H3,(H,13,14). The summed E-state index contributed by atoms with van der Waals surface area (Å²) in [5, 5.41) is 9.09. The molecular weight excluding hydrogens is 194 g/mol. The lowest BCUT2D eigenvalue weighted by Crippen LogP contribution is -2.45. The number of ether oxygens (including phenoxy) is 1. The molecule has 0 aromatic rings. The number of rotatable bonds is 5. The highest BCUT2D eigenvalue weighted by atomic mass is 16.5. The monoisotopic (exact) mass is 215 g/mol. The van der Waals surface area contributed by atoms with Gasteiger partial charge < -0.3 is 9.84 Å².